The lowest BCUT2D eigenvalue weighted by Crippen LogP contribution is -2.60. The van der Waals surface area contributed by atoms with Crippen LogP contribution >= 0.6 is 0 Å². The maximum Gasteiger partial charge on any atom is 0.311 e. The van der Waals surface area contributed by atoms with Crippen LogP contribution in [0.4, 0.5) is 0 Å². The van der Waals surface area contributed by atoms with E-state index in [2.05, 4.69) is 61.3 Å². The minimum Gasteiger partial charge on any atom is -0.459 e. The van der Waals surface area contributed by atoms with E-state index in [0.717, 1.165) is 44.9 Å². The van der Waals surface area contributed by atoms with Crippen LogP contribution in [0.3, 0.4) is 0 Å². The number of nitrogens with zero attached hydrogens (tertiary/aromatic N) is 2. The minimum atomic E-state index is -1.79. The number of allylic oxidation sites excluding steroid dienone is 9. The summed E-state index contributed by atoms with van der Waals surface area (Å²) >= 11 is 0. The maximum absolute atomic E-state index is 13.5. The lowest BCUT2D eigenvalue weighted by atomic mass is 9.78. The van der Waals surface area contributed by atoms with E-state index in [1.165, 1.54) is 13.8 Å². The highest BCUT2D eigenvalue weighted by atomic mass is 16.7. The lowest BCUT2D eigenvalue weighted by Gasteiger charge is -2.47. The zero-order valence-electron chi connectivity index (χ0n) is 40.6. The molecule has 0 aromatic rings. The molecule has 63 heavy (non-hydrogen) atoms. The molecule has 2 aliphatic rings. The molecule has 0 aromatic carbocycles. The van der Waals surface area contributed by atoms with Gasteiger partial charge in [-0.15, -0.1) is 5.73 Å². The second-order valence-electron chi connectivity index (χ2n) is 18.7. The minimum absolute atomic E-state index is 0.150. The number of carbonyl (C=O) groups is 2. The highest BCUT2D eigenvalue weighted by Gasteiger charge is 2.50. The van der Waals surface area contributed by atoms with Crippen molar-refractivity contribution in [1.29, 1.82) is 0 Å². The van der Waals surface area contributed by atoms with Gasteiger partial charge in [0.1, 0.15) is 23.9 Å². The highest BCUT2D eigenvalue weighted by Crippen LogP contribution is 2.37. The van der Waals surface area contributed by atoms with E-state index in [0.29, 0.717) is 19.4 Å². The smallest absolute Gasteiger partial charge is 0.311 e. The van der Waals surface area contributed by atoms with Crippen LogP contribution in [0.15, 0.2) is 66.5 Å². The largest absolute Gasteiger partial charge is 0.459 e. The van der Waals surface area contributed by atoms with Crippen LogP contribution < -0.4 is 0 Å². The number of aliphatic hydroxyl groups excluding tert-OH is 3. The van der Waals surface area contributed by atoms with E-state index in [4.69, 9.17) is 14.2 Å². The van der Waals surface area contributed by atoms with E-state index in [-0.39, 0.29) is 31.1 Å². The summed E-state index contributed by atoms with van der Waals surface area (Å²) in [7, 11) is 3.48. The van der Waals surface area contributed by atoms with Crippen LogP contribution in [0.1, 0.15) is 139 Å². The number of hydrogen-bond donors (Lipinski definition) is 5. The summed E-state index contributed by atoms with van der Waals surface area (Å²) in [5.74, 6) is -3.09. The molecule has 0 radical (unpaired) electrons. The van der Waals surface area contributed by atoms with Crippen molar-refractivity contribution in [3.8, 4) is 0 Å². The number of esters is 1. The number of aliphatic hydroxyl groups is 5. The third-order valence-corrected chi connectivity index (χ3v) is 12.9. The molecule has 1 unspecified atom stereocenters. The van der Waals surface area contributed by atoms with E-state index >= 15 is 0 Å². The molecule has 14 atom stereocenters. The van der Waals surface area contributed by atoms with Crippen LogP contribution in [0.2, 0.25) is 0 Å². The summed E-state index contributed by atoms with van der Waals surface area (Å²) in [6.07, 6.45) is 21.9. The van der Waals surface area contributed by atoms with Crippen molar-refractivity contribution in [3.63, 3.8) is 0 Å². The van der Waals surface area contributed by atoms with Gasteiger partial charge >= 0.3 is 5.97 Å². The number of cyclic esters (lactones) is 1. The van der Waals surface area contributed by atoms with Gasteiger partial charge in [-0.05, 0) is 130 Å². The fraction of sp³-hybridized carbons (Fsp3) is 0.745. The average Bonchev–Trinajstić information content (AvgIpc) is 3.23. The van der Waals surface area contributed by atoms with E-state index in [1.54, 1.807) is 39.6 Å². The average molecular weight is 887 g/mol. The Balaban J connectivity index is 2.09. The van der Waals surface area contributed by atoms with Gasteiger partial charge in [0, 0.05) is 32.0 Å². The number of carbonyl (C=O) groups excluding carboxylic acids is 2. The molecule has 0 aliphatic carbocycles. The van der Waals surface area contributed by atoms with Gasteiger partial charge in [0.15, 0.2) is 6.29 Å². The molecule has 12 nitrogen and oxygen atoms in total. The standard InChI is InChI=1S/C51H86N2O10/c1-12-14-15-16-17-18-19-20-21-22-23-24-25-26-27-28-29-30-31-32-43(54)53(11)41-33-37(4)61-49(45(41)56)63-47-38(5)44(55)39(6)48(58)62-42(13-2)51(9,60)46(57)40(7)52(10)35-36(3)34-50(47,8)59/h14-15,17-18,20-21,23-24,28,30,36-42,44-47,49,55-57,59-60H,12-13,16,19,22,25-27,31-35H2,1-11H3/b15-14+,18-17+,21-20+,24-23+/t29?,36-,37-,38+,39-,40?,41+,42-,44+,45-,46-,47-,49+,50-,51-/m1/s1. The number of likely N-dealkylation sites (N-methyl/N-ethyl adjacent to an activating group) is 2. The molecular formula is C51H86N2O10. The molecule has 0 saturated carbocycles. The molecule has 0 aromatic heterocycles. The lowest BCUT2D eigenvalue weighted by molar-refractivity contribution is -0.299. The Morgan fingerprint density at radius 3 is 2.08 bits per heavy atom. The molecule has 0 bridgehead atoms. The SMILES string of the molecule is CC/C=C/C/C=C/C/C=C/C/C=C/CCCC=C=CCCC(=O)N(C)[C@H]1C[C@@H](C)O[C@@H](O[C@@H]2[C@@H](C)[C@H](O)[C@@H](C)C(=O)O[C@H](CC)[C@@](C)(O)[C@H](O)C(C)N(C)C[C@H](C)C[C@@]2(C)O)[C@@H]1O. The summed E-state index contributed by atoms with van der Waals surface area (Å²) in [5.41, 5.74) is -0.207. The molecular weight excluding hydrogens is 801 g/mol. The number of rotatable bonds is 18. The molecule has 360 valence electrons. The summed E-state index contributed by atoms with van der Waals surface area (Å²) in [5, 5.41) is 58.5. The van der Waals surface area contributed by atoms with Crippen molar-refractivity contribution < 1.29 is 49.3 Å². The number of ether oxygens (including phenoxy) is 3. The Labute approximate surface area is 380 Å². The van der Waals surface area contributed by atoms with Gasteiger partial charge in [0.2, 0.25) is 5.91 Å². The molecule has 2 aliphatic heterocycles. The number of unbranched alkanes of at least 4 members (excludes halogenated alkanes) is 2. The predicted octanol–water partition coefficient (Wildman–Crippen LogP) is 7.34. The monoisotopic (exact) mass is 887 g/mol. The highest BCUT2D eigenvalue weighted by molar-refractivity contribution is 5.76. The molecule has 2 heterocycles. The first kappa shape index (κ1) is 56.2. The van der Waals surface area contributed by atoms with Gasteiger partial charge in [0.25, 0.3) is 0 Å². The Bertz CT molecular complexity index is 1530. The summed E-state index contributed by atoms with van der Waals surface area (Å²) < 4.78 is 18.5. The van der Waals surface area contributed by atoms with Crippen molar-refractivity contribution in [1.82, 2.24) is 9.80 Å². The summed E-state index contributed by atoms with van der Waals surface area (Å²) in [6.45, 7) is 16.1. The van der Waals surface area contributed by atoms with Gasteiger partial charge in [-0.1, -0.05) is 76.3 Å². The van der Waals surface area contributed by atoms with Crippen molar-refractivity contribution in [3.05, 3.63) is 66.5 Å². The van der Waals surface area contributed by atoms with E-state index in [9.17, 15) is 35.1 Å². The van der Waals surface area contributed by atoms with Gasteiger partial charge in [-0.25, -0.2) is 0 Å². The second kappa shape index (κ2) is 28.2. The third kappa shape index (κ3) is 18.1. The van der Waals surface area contributed by atoms with E-state index in [1.807, 2.05) is 37.9 Å². The molecule has 1 amide bonds. The van der Waals surface area contributed by atoms with Crippen LogP contribution in [0, 0.1) is 17.8 Å². The normalized spacial score (nSPS) is 35.7. The fourth-order valence-corrected chi connectivity index (χ4v) is 8.85. The van der Waals surface area contributed by atoms with E-state index < -0.39 is 84.0 Å². The first-order chi connectivity index (χ1) is 29.7. The summed E-state index contributed by atoms with van der Waals surface area (Å²) in [6, 6.07) is -1.20. The summed E-state index contributed by atoms with van der Waals surface area (Å²) in [4.78, 5) is 30.4. The molecule has 0 spiro atoms. The Morgan fingerprint density at radius 1 is 0.889 bits per heavy atom. The zero-order chi connectivity index (χ0) is 47.3. The Hall–Kier alpha value is -2.90. The van der Waals surface area contributed by atoms with Crippen LogP contribution in [0.25, 0.3) is 0 Å². The van der Waals surface area contributed by atoms with Gasteiger partial charge in [0.05, 0.1) is 35.9 Å². The van der Waals surface area contributed by atoms with Crippen molar-refractivity contribution in [2.45, 2.75) is 206 Å². The van der Waals surface area contributed by atoms with Crippen molar-refractivity contribution in [2.24, 2.45) is 17.8 Å². The molecule has 2 rings (SSSR count). The molecule has 2 fully saturated rings. The molecule has 5 N–H and O–H groups in total. The fourth-order valence-electron chi connectivity index (χ4n) is 8.85. The first-order valence-corrected chi connectivity index (χ1v) is 23.7. The predicted molar refractivity (Wildman–Crippen MR) is 250 cm³/mol. The maximum atomic E-state index is 13.5. The van der Waals surface area contributed by atoms with Crippen molar-refractivity contribution >= 4 is 11.9 Å². The zero-order valence-corrected chi connectivity index (χ0v) is 40.6. The molecule has 12 heteroatoms. The third-order valence-electron chi connectivity index (χ3n) is 12.9. The van der Waals surface area contributed by atoms with Crippen LogP contribution in [-0.4, -0.2) is 134 Å². The van der Waals surface area contributed by atoms with Crippen LogP contribution in [0.5, 0.6) is 0 Å². The Kier molecular flexibility index (Phi) is 25.2. The second-order valence-corrected chi connectivity index (χ2v) is 18.7. The van der Waals surface area contributed by atoms with Crippen LogP contribution in [-0.2, 0) is 23.8 Å². The van der Waals surface area contributed by atoms with Gasteiger partial charge in [-0.3, -0.25) is 9.59 Å². The topological polar surface area (TPSA) is 169 Å². The number of hydrogen-bond acceptors (Lipinski definition) is 11. The van der Waals surface area contributed by atoms with Crippen molar-refractivity contribution in [2.75, 3.05) is 20.6 Å². The molecule has 2 saturated heterocycles. The van der Waals surface area contributed by atoms with Gasteiger partial charge in [-0.2, -0.15) is 0 Å². The number of amides is 1. The van der Waals surface area contributed by atoms with Gasteiger partial charge < -0.3 is 49.5 Å². The Morgan fingerprint density at radius 2 is 1.48 bits per heavy atom. The first-order valence-electron chi connectivity index (χ1n) is 23.7. The quantitative estimate of drug-likeness (QED) is 0.0404.